The number of benzene rings is 1. The van der Waals surface area contributed by atoms with Crippen LogP contribution < -0.4 is 16.0 Å². The first-order valence-electron chi connectivity index (χ1n) is 6.20. The molecule has 0 fully saturated rings. The highest BCUT2D eigenvalue weighted by molar-refractivity contribution is 5.71. The number of nitrogens with zero attached hydrogens (tertiary/aromatic N) is 3. The van der Waals surface area contributed by atoms with E-state index in [1.165, 1.54) is 0 Å². The van der Waals surface area contributed by atoms with E-state index in [0.29, 0.717) is 5.82 Å². The number of nitrogens with two attached hydrogens (primary N) is 1. The fourth-order valence-electron chi connectivity index (χ4n) is 2.19. The van der Waals surface area contributed by atoms with Gasteiger partial charge in [0, 0.05) is 23.4 Å². The van der Waals surface area contributed by atoms with Gasteiger partial charge in [-0.2, -0.15) is 9.61 Å². The van der Waals surface area contributed by atoms with E-state index in [-0.39, 0.29) is 0 Å². The molecule has 0 bridgehead atoms. The first-order valence-corrected chi connectivity index (χ1v) is 6.20. The number of fused-ring (bicyclic) bond motifs is 1. The third kappa shape index (κ3) is 1.96. The van der Waals surface area contributed by atoms with Gasteiger partial charge in [0.2, 0.25) is 0 Å². The molecule has 0 radical (unpaired) electrons. The van der Waals surface area contributed by atoms with E-state index in [1.807, 2.05) is 43.3 Å². The summed E-state index contributed by atoms with van der Waals surface area (Å²) in [5, 5.41) is 4.54. The number of para-hydroxylation sites is 1. The zero-order valence-electron chi connectivity index (χ0n) is 11.3. The number of ether oxygens (including phenoxy) is 1. The molecular weight excluding hydrogens is 254 g/mol. The van der Waals surface area contributed by atoms with Gasteiger partial charge in [-0.25, -0.2) is 10.8 Å². The van der Waals surface area contributed by atoms with Gasteiger partial charge < -0.3 is 10.2 Å². The van der Waals surface area contributed by atoms with E-state index < -0.39 is 0 Å². The molecule has 6 nitrogen and oxygen atoms in total. The van der Waals surface area contributed by atoms with Gasteiger partial charge in [-0.3, -0.25) is 0 Å². The van der Waals surface area contributed by atoms with Crippen molar-refractivity contribution in [3.8, 4) is 17.0 Å². The summed E-state index contributed by atoms with van der Waals surface area (Å²) in [7, 11) is 1.64. The molecule has 3 N–H and O–H groups in total. The number of hydrogen-bond acceptors (Lipinski definition) is 5. The Morgan fingerprint density at radius 1 is 1.25 bits per heavy atom. The zero-order valence-corrected chi connectivity index (χ0v) is 11.3. The van der Waals surface area contributed by atoms with Crippen molar-refractivity contribution in [2.24, 2.45) is 5.84 Å². The van der Waals surface area contributed by atoms with Crippen LogP contribution in [0.2, 0.25) is 0 Å². The van der Waals surface area contributed by atoms with E-state index in [2.05, 4.69) is 15.5 Å². The summed E-state index contributed by atoms with van der Waals surface area (Å²) >= 11 is 0. The molecule has 0 saturated heterocycles. The Morgan fingerprint density at radius 2 is 2.05 bits per heavy atom. The van der Waals surface area contributed by atoms with Crippen molar-refractivity contribution in [2.75, 3.05) is 12.5 Å². The van der Waals surface area contributed by atoms with Crippen LogP contribution in [0.1, 0.15) is 5.69 Å². The average Bonchev–Trinajstić information content (AvgIpc) is 2.89. The first kappa shape index (κ1) is 12.4. The van der Waals surface area contributed by atoms with Gasteiger partial charge >= 0.3 is 0 Å². The molecule has 0 aliphatic rings. The highest BCUT2D eigenvalue weighted by Gasteiger charge is 2.12. The minimum Gasteiger partial charge on any atom is -0.496 e. The van der Waals surface area contributed by atoms with E-state index in [4.69, 9.17) is 10.6 Å². The van der Waals surface area contributed by atoms with Gasteiger partial charge in [0.1, 0.15) is 11.6 Å². The topological polar surface area (TPSA) is 77.5 Å². The number of nitrogens with one attached hydrogen (secondary N) is 1. The Bertz CT molecular complexity index is 765. The molecule has 6 heteroatoms. The minimum atomic E-state index is 0.689. The molecule has 0 atom stereocenters. The number of rotatable bonds is 3. The lowest BCUT2D eigenvalue weighted by Crippen LogP contribution is -2.12. The van der Waals surface area contributed by atoms with Gasteiger partial charge in [0.15, 0.2) is 5.65 Å². The second-order valence-electron chi connectivity index (χ2n) is 4.43. The number of nitrogen functional groups attached to an aromatic ring is 1. The lowest BCUT2D eigenvalue weighted by molar-refractivity contribution is 0.416. The van der Waals surface area contributed by atoms with Crippen molar-refractivity contribution in [3.05, 3.63) is 42.1 Å². The maximum Gasteiger partial charge on any atom is 0.158 e. The second-order valence-corrected chi connectivity index (χ2v) is 4.43. The normalized spacial score (nSPS) is 10.8. The summed E-state index contributed by atoms with van der Waals surface area (Å²) in [6, 6.07) is 11.5. The Morgan fingerprint density at radius 3 is 2.80 bits per heavy atom. The van der Waals surface area contributed by atoms with Crippen LogP contribution >= 0.6 is 0 Å². The second kappa shape index (κ2) is 4.82. The first-order chi connectivity index (χ1) is 9.72. The van der Waals surface area contributed by atoms with Crippen LogP contribution in [0.3, 0.4) is 0 Å². The molecule has 0 unspecified atom stereocenters. The van der Waals surface area contributed by atoms with Crippen LogP contribution in [0.15, 0.2) is 36.4 Å². The van der Waals surface area contributed by atoms with Crippen molar-refractivity contribution in [1.82, 2.24) is 14.6 Å². The zero-order chi connectivity index (χ0) is 14.1. The monoisotopic (exact) mass is 269 g/mol. The lowest BCUT2D eigenvalue weighted by Gasteiger charge is -2.05. The molecule has 0 aliphatic heterocycles. The largest absolute Gasteiger partial charge is 0.496 e. The molecule has 3 aromatic rings. The molecule has 0 saturated carbocycles. The Hall–Kier alpha value is -2.60. The highest BCUT2D eigenvalue weighted by Crippen LogP contribution is 2.29. The number of hydrogen-bond donors (Lipinski definition) is 2. The predicted molar refractivity (Wildman–Crippen MR) is 77.5 cm³/mol. The number of anilines is 1. The number of hydrazine groups is 1. The van der Waals surface area contributed by atoms with Crippen LogP contribution in [0.5, 0.6) is 5.75 Å². The van der Waals surface area contributed by atoms with Crippen LogP contribution in [0, 0.1) is 6.92 Å². The third-order valence-electron chi connectivity index (χ3n) is 3.09. The quantitative estimate of drug-likeness (QED) is 0.561. The molecule has 20 heavy (non-hydrogen) atoms. The Balaban J connectivity index is 2.23. The Labute approximate surface area is 116 Å². The number of methoxy groups -OCH3 is 1. The Kier molecular flexibility index (Phi) is 3.00. The van der Waals surface area contributed by atoms with Crippen LogP contribution in [0.25, 0.3) is 16.9 Å². The fraction of sp³-hybridized carbons (Fsp3) is 0.143. The minimum absolute atomic E-state index is 0.689. The molecule has 2 heterocycles. The van der Waals surface area contributed by atoms with E-state index >= 15 is 0 Å². The number of aromatic nitrogens is 3. The van der Waals surface area contributed by atoms with E-state index in [0.717, 1.165) is 28.3 Å². The summed E-state index contributed by atoms with van der Waals surface area (Å²) in [5.41, 5.74) is 5.95. The van der Waals surface area contributed by atoms with Crippen LogP contribution in [0.4, 0.5) is 5.82 Å². The van der Waals surface area contributed by atoms with Gasteiger partial charge in [0.05, 0.1) is 12.8 Å². The molecule has 1 aromatic carbocycles. The molecule has 3 rings (SSSR count). The molecule has 0 aliphatic carbocycles. The summed E-state index contributed by atoms with van der Waals surface area (Å²) in [4.78, 5) is 4.45. The standard InChI is InChI=1S/C14H15N5O/c1-9-7-14(17-15)19-13(16-9)8-11(18-19)10-5-3-4-6-12(10)20-2/h3-8,17H,15H2,1-2H3. The summed E-state index contributed by atoms with van der Waals surface area (Å²) in [5.74, 6) is 6.99. The van der Waals surface area contributed by atoms with Crippen molar-refractivity contribution in [3.63, 3.8) is 0 Å². The molecule has 102 valence electrons. The summed E-state index contributed by atoms with van der Waals surface area (Å²) in [6.07, 6.45) is 0. The average molecular weight is 269 g/mol. The molecular formula is C14H15N5O. The van der Waals surface area contributed by atoms with E-state index in [9.17, 15) is 0 Å². The van der Waals surface area contributed by atoms with Crippen LogP contribution in [-0.4, -0.2) is 21.7 Å². The van der Waals surface area contributed by atoms with Crippen molar-refractivity contribution in [1.29, 1.82) is 0 Å². The SMILES string of the molecule is COc1ccccc1-c1cc2nc(C)cc(NN)n2n1. The summed E-state index contributed by atoms with van der Waals surface area (Å²) in [6.45, 7) is 1.91. The lowest BCUT2D eigenvalue weighted by atomic mass is 10.1. The van der Waals surface area contributed by atoms with Crippen molar-refractivity contribution < 1.29 is 4.74 Å². The molecule has 2 aromatic heterocycles. The number of aryl methyl sites for hydroxylation is 1. The molecule has 0 spiro atoms. The van der Waals surface area contributed by atoms with Gasteiger partial charge in [-0.1, -0.05) is 12.1 Å². The summed E-state index contributed by atoms with van der Waals surface area (Å²) < 4.78 is 7.04. The van der Waals surface area contributed by atoms with Crippen molar-refractivity contribution in [2.45, 2.75) is 6.92 Å². The maximum atomic E-state index is 5.53. The predicted octanol–water partition coefficient (Wildman–Crippen LogP) is 2.00. The maximum absolute atomic E-state index is 5.53. The molecule has 0 amide bonds. The fourth-order valence-corrected chi connectivity index (χ4v) is 2.19. The highest BCUT2D eigenvalue weighted by atomic mass is 16.5. The smallest absolute Gasteiger partial charge is 0.158 e. The van der Waals surface area contributed by atoms with Gasteiger partial charge in [-0.15, -0.1) is 0 Å². The van der Waals surface area contributed by atoms with E-state index in [1.54, 1.807) is 11.6 Å². The van der Waals surface area contributed by atoms with Crippen molar-refractivity contribution >= 4 is 11.5 Å². The van der Waals surface area contributed by atoms with Gasteiger partial charge in [-0.05, 0) is 19.1 Å². The van der Waals surface area contributed by atoms with Crippen LogP contribution in [-0.2, 0) is 0 Å². The third-order valence-corrected chi connectivity index (χ3v) is 3.09. The van der Waals surface area contributed by atoms with Gasteiger partial charge in [0.25, 0.3) is 0 Å².